The van der Waals surface area contributed by atoms with E-state index in [2.05, 4.69) is 33.4 Å². The number of rotatable bonds is 5. The molecule has 1 saturated carbocycles. The third-order valence-electron chi connectivity index (χ3n) is 4.89. The van der Waals surface area contributed by atoms with E-state index in [1.807, 2.05) is 6.07 Å². The first-order valence-electron chi connectivity index (χ1n) is 8.74. The van der Waals surface area contributed by atoms with E-state index in [9.17, 15) is 5.11 Å². The molecule has 1 aromatic rings. The Morgan fingerprint density at radius 3 is 2.58 bits per heavy atom. The third-order valence-corrected chi connectivity index (χ3v) is 4.89. The number of aliphatic hydroxyl groups is 1. The molecule has 1 unspecified atom stereocenters. The molecule has 0 bridgehead atoms. The van der Waals surface area contributed by atoms with Crippen LogP contribution in [0.3, 0.4) is 0 Å². The Balaban J connectivity index is 0.00000208. The number of guanidine groups is 1. The maximum Gasteiger partial charge on any atom is 0.189 e. The van der Waals surface area contributed by atoms with Crippen LogP contribution in [-0.4, -0.2) is 41.2 Å². The standard InChI is InChI=1S/C18H28N4O.HI/c19-18(21-16-7-3-4-8-16)20-11-14-5-1-2-6-15(14)12-22-10-9-17(23)13-22;/h1-2,5-6,16-17,23H,3-4,7-13H2,(H3,19,20,21);1H. The summed E-state index contributed by atoms with van der Waals surface area (Å²) in [4.78, 5) is 6.82. The summed E-state index contributed by atoms with van der Waals surface area (Å²) < 4.78 is 0. The van der Waals surface area contributed by atoms with Crippen LogP contribution in [-0.2, 0) is 13.1 Å². The summed E-state index contributed by atoms with van der Waals surface area (Å²) in [5.41, 5.74) is 8.52. The largest absolute Gasteiger partial charge is 0.392 e. The second-order valence-corrected chi connectivity index (χ2v) is 6.77. The number of likely N-dealkylation sites (tertiary alicyclic amines) is 1. The molecule has 1 aliphatic heterocycles. The molecule has 134 valence electrons. The lowest BCUT2D eigenvalue weighted by Gasteiger charge is -2.17. The maximum absolute atomic E-state index is 9.67. The van der Waals surface area contributed by atoms with Crippen LogP contribution in [0.15, 0.2) is 29.3 Å². The van der Waals surface area contributed by atoms with Crippen molar-refractivity contribution in [1.82, 2.24) is 10.2 Å². The van der Waals surface area contributed by atoms with Gasteiger partial charge in [0.05, 0.1) is 12.6 Å². The smallest absolute Gasteiger partial charge is 0.189 e. The molecule has 1 heterocycles. The Morgan fingerprint density at radius 2 is 1.92 bits per heavy atom. The Hall–Kier alpha value is -0.860. The first kappa shape index (κ1) is 19.5. The van der Waals surface area contributed by atoms with E-state index in [1.54, 1.807) is 0 Å². The van der Waals surface area contributed by atoms with E-state index < -0.39 is 0 Å². The minimum absolute atomic E-state index is 0. The summed E-state index contributed by atoms with van der Waals surface area (Å²) in [6, 6.07) is 8.88. The molecule has 0 radical (unpaired) electrons. The highest BCUT2D eigenvalue weighted by molar-refractivity contribution is 14.0. The fourth-order valence-electron chi connectivity index (χ4n) is 3.56. The van der Waals surface area contributed by atoms with Gasteiger partial charge in [0.15, 0.2) is 5.96 Å². The second kappa shape index (κ2) is 9.58. The van der Waals surface area contributed by atoms with Gasteiger partial charge in [0.25, 0.3) is 0 Å². The van der Waals surface area contributed by atoms with Gasteiger partial charge in [0.1, 0.15) is 0 Å². The SMILES string of the molecule is I.NC(=NCc1ccccc1CN1CCC(O)C1)NC1CCCC1. The molecule has 4 N–H and O–H groups in total. The number of nitrogens with two attached hydrogens (primary N) is 1. The van der Waals surface area contributed by atoms with Gasteiger partial charge in [-0.05, 0) is 30.4 Å². The summed E-state index contributed by atoms with van der Waals surface area (Å²) in [7, 11) is 0. The summed E-state index contributed by atoms with van der Waals surface area (Å²) in [5, 5.41) is 13.0. The van der Waals surface area contributed by atoms with Gasteiger partial charge in [0.2, 0.25) is 0 Å². The summed E-state index contributed by atoms with van der Waals surface area (Å²) in [5.74, 6) is 0.559. The fraction of sp³-hybridized carbons (Fsp3) is 0.611. The van der Waals surface area contributed by atoms with Gasteiger partial charge in [-0.15, -0.1) is 24.0 Å². The van der Waals surface area contributed by atoms with Crippen molar-refractivity contribution in [2.24, 2.45) is 10.7 Å². The van der Waals surface area contributed by atoms with Crippen LogP contribution < -0.4 is 11.1 Å². The van der Waals surface area contributed by atoms with Gasteiger partial charge in [-0.2, -0.15) is 0 Å². The van der Waals surface area contributed by atoms with Gasteiger partial charge < -0.3 is 16.2 Å². The Bertz CT molecular complexity index is 546. The number of aliphatic hydroxyl groups excluding tert-OH is 1. The molecule has 1 atom stereocenters. The zero-order chi connectivity index (χ0) is 16.1. The van der Waals surface area contributed by atoms with Crippen LogP contribution in [0.5, 0.6) is 0 Å². The highest BCUT2D eigenvalue weighted by Crippen LogP contribution is 2.18. The number of β-amino-alcohol motifs (C(OH)–C–C–N with tert-alkyl or cyclic N) is 1. The molecule has 2 fully saturated rings. The number of benzene rings is 1. The minimum Gasteiger partial charge on any atom is -0.392 e. The number of hydrogen-bond acceptors (Lipinski definition) is 3. The van der Waals surface area contributed by atoms with E-state index >= 15 is 0 Å². The third kappa shape index (κ3) is 5.60. The Morgan fingerprint density at radius 1 is 1.21 bits per heavy atom. The lowest BCUT2D eigenvalue weighted by Crippen LogP contribution is -2.38. The van der Waals surface area contributed by atoms with Gasteiger partial charge in [-0.25, -0.2) is 4.99 Å². The molecular weight excluding hydrogens is 415 g/mol. The van der Waals surface area contributed by atoms with Crippen LogP contribution in [0.4, 0.5) is 0 Å². The zero-order valence-corrected chi connectivity index (χ0v) is 16.5. The monoisotopic (exact) mass is 444 g/mol. The molecule has 1 saturated heterocycles. The van der Waals surface area contributed by atoms with Crippen LogP contribution >= 0.6 is 24.0 Å². The van der Waals surface area contributed by atoms with Crippen LogP contribution in [0.25, 0.3) is 0 Å². The molecule has 2 aliphatic rings. The predicted molar refractivity (Wildman–Crippen MR) is 108 cm³/mol. The number of nitrogens with zero attached hydrogens (tertiary/aromatic N) is 2. The average molecular weight is 444 g/mol. The van der Waals surface area contributed by atoms with E-state index in [0.29, 0.717) is 18.5 Å². The minimum atomic E-state index is -0.175. The zero-order valence-electron chi connectivity index (χ0n) is 14.2. The van der Waals surface area contributed by atoms with E-state index in [1.165, 1.54) is 36.8 Å². The van der Waals surface area contributed by atoms with Crippen molar-refractivity contribution in [2.45, 2.75) is 57.3 Å². The van der Waals surface area contributed by atoms with Crippen LogP contribution in [0, 0.1) is 0 Å². The van der Waals surface area contributed by atoms with Gasteiger partial charge in [0, 0.05) is 25.7 Å². The average Bonchev–Trinajstić information content (AvgIpc) is 3.18. The molecule has 0 spiro atoms. The molecule has 3 rings (SSSR count). The molecular formula is C18H29IN4O. The quantitative estimate of drug-likeness (QED) is 0.370. The normalized spacial score (nSPS) is 22.5. The number of nitrogens with one attached hydrogen (secondary N) is 1. The molecule has 0 amide bonds. The van der Waals surface area contributed by atoms with Crippen molar-refractivity contribution < 1.29 is 5.11 Å². The van der Waals surface area contributed by atoms with E-state index in [-0.39, 0.29) is 30.1 Å². The second-order valence-electron chi connectivity index (χ2n) is 6.77. The van der Waals surface area contributed by atoms with Crippen molar-refractivity contribution in [3.05, 3.63) is 35.4 Å². The molecule has 0 aromatic heterocycles. The van der Waals surface area contributed by atoms with Crippen molar-refractivity contribution in [1.29, 1.82) is 0 Å². The highest BCUT2D eigenvalue weighted by atomic mass is 127. The lowest BCUT2D eigenvalue weighted by atomic mass is 10.1. The molecule has 1 aliphatic carbocycles. The van der Waals surface area contributed by atoms with Gasteiger partial charge in [-0.1, -0.05) is 37.1 Å². The number of aliphatic imine (C=N–C) groups is 1. The van der Waals surface area contributed by atoms with Crippen LogP contribution in [0.2, 0.25) is 0 Å². The Kier molecular flexibility index (Phi) is 7.77. The molecule has 24 heavy (non-hydrogen) atoms. The Labute approximate surface area is 161 Å². The van der Waals surface area contributed by atoms with E-state index in [0.717, 1.165) is 26.1 Å². The van der Waals surface area contributed by atoms with Gasteiger partial charge in [-0.3, -0.25) is 4.90 Å². The van der Waals surface area contributed by atoms with Crippen molar-refractivity contribution in [2.75, 3.05) is 13.1 Å². The predicted octanol–water partition coefficient (Wildman–Crippen LogP) is 2.22. The maximum atomic E-state index is 9.67. The first-order chi connectivity index (χ1) is 11.2. The summed E-state index contributed by atoms with van der Waals surface area (Å²) >= 11 is 0. The van der Waals surface area contributed by atoms with Crippen molar-refractivity contribution in [3.63, 3.8) is 0 Å². The fourth-order valence-corrected chi connectivity index (χ4v) is 3.56. The molecule has 6 heteroatoms. The van der Waals surface area contributed by atoms with Gasteiger partial charge >= 0.3 is 0 Å². The number of hydrogen-bond donors (Lipinski definition) is 3. The molecule has 5 nitrogen and oxygen atoms in total. The lowest BCUT2D eigenvalue weighted by molar-refractivity contribution is 0.174. The topological polar surface area (TPSA) is 73.9 Å². The summed E-state index contributed by atoms with van der Waals surface area (Å²) in [6.07, 6.45) is 5.67. The molecule has 1 aromatic carbocycles. The summed E-state index contributed by atoms with van der Waals surface area (Å²) in [6.45, 7) is 3.21. The first-order valence-corrected chi connectivity index (χ1v) is 8.74. The van der Waals surface area contributed by atoms with Crippen LogP contribution in [0.1, 0.15) is 43.2 Å². The highest BCUT2D eigenvalue weighted by Gasteiger charge is 2.20. The number of halogens is 1. The van der Waals surface area contributed by atoms with Crippen molar-refractivity contribution >= 4 is 29.9 Å². The van der Waals surface area contributed by atoms with Crippen molar-refractivity contribution in [3.8, 4) is 0 Å². The van der Waals surface area contributed by atoms with E-state index in [4.69, 9.17) is 5.73 Å².